The van der Waals surface area contributed by atoms with E-state index in [4.69, 9.17) is 0 Å². The molecule has 22 heavy (non-hydrogen) atoms. The Balaban J connectivity index is 1.80. The Kier molecular flexibility index (Phi) is 4.89. The van der Waals surface area contributed by atoms with Gasteiger partial charge in [0.25, 0.3) is 0 Å². The van der Waals surface area contributed by atoms with Crippen LogP contribution in [-0.2, 0) is 0 Å². The highest BCUT2D eigenvalue weighted by Crippen LogP contribution is 2.29. The van der Waals surface area contributed by atoms with Gasteiger partial charge in [-0.15, -0.1) is 11.8 Å². The highest BCUT2D eigenvalue weighted by Gasteiger charge is 2.30. The maximum absolute atomic E-state index is 12.5. The molecule has 3 nitrogen and oxygen atoms in total. The zero-order chi connectivity index (χ0) is 15.5. The van der Waals surface area contributed by atoms with Crippen LogP contribution in [0.5, 0.6) is 0 Å². The topological polar surface area (TPSA) is 23.6 Å². The molecule has 3 saturated heterocycles. The molecule has 4 rings (SSSR count). The van der Waals surface area contributed by atoms with E-state index in [0.29, 0.717) is 6.04 Å². The largest absolute Gasteiger partial charge is 0.362 e. The number of thioether (sulfide) groups is 1. The minimum atomic E-state index is 0.114. The van der Waals surface area contributed by atoms with E-state index in [-0.39, 0.29) is 5.78 Å². The van der Waals surface area contributed by atoms with Crippen LogP contribution in [0.1, 0.15) is 28.8 Å². The van der Waals surface area contributed by atoms with Gasteiger partial charge in [-0.05, 0) is 26.0 Å². The predicted molar refractivity (Wildman–Crippen MR) is 93.3 cm³/mol. The Morgan fingerprint density at radius 2 is 1.82 bits per heavy atom. The zero-order valence-electron chi connectivity index (χ0n) is 13.4. The number of hydrogen-bond acceptors (Lipinski definition) is 4. The van der Waals surface area contributed by atoms with Crippen LogP contribution < -0.4 is 0 Å². The number of benzene rings is 1. The summed E-state index contributed by atoms with van der Waals surface area (Å²) in [6.45, 7) is 6.61. The smallest absolute Gasteiger partial charge is 0.188 e. The van der Waals surface area contributed by atoms with E-state index in [1.165, 1.54) is 31.5 Å². The van der Waals surface area contributed by atoms with E-state index in [2.05, 4.69) is 16.1 Å². The standard InChI is InChI=1S/C18H24N2OS/c1-14-3-5-15(6-4-14)17(21)13-18(22-2)20-12-11-19-9-7-16(20)8-10-19/h3-6,13,16H,7-12H2,1-2H3/b18-13-. The second-order valence-corrected chi connectivity index (χ2v) is 7.01. The number of rotatable bonds is 4. The Labute approximate surface area is 137 Å². The number of allylic oxidation sites excluding steroid dienone is 1. The molecule has 1 aromatic carbocycles. The molecule has 0 unspecified atom stereocenters. The highest BCUT2D eigenvalue weighted by molar-refractivity contribution is 8.02. The normalized spacial score (nSPS) is 25.2. The van der Waals surface area contributed by atoms with E-state index in [0.717, 1.165) is 23.7 Å². The van der Waals surface area contributed by atoms with Crippen LogP contribution in [0.4, 0.5) is 0 Å². The van der Waals surface area contributed by atoms with Gasteiger partial charge >= 0.3 is 0 Å². The van der Waals surface area contributed by atoms with Crippen molar-refractivity contribution in [1.82, 2.24) is 9.80 Å². The molecule has 4 heteroatoms. The number of carbonyl (C=O) groups is 1. The van der Waals surface area contributed by atoms with Crippen molar-refractivity contribution in [2.24, 2.45) is 0 Å². The zero-order valence-corrected chi connectivity index (χ0v) is 14.2. The molecule has 1 aromatic rings. The fourth-order valence-electron chi connectivity index (χ4n) is 3.35. The number of piperidine rings is 1. The van der Waals surface area contributed by atoms with Gasteiger partial charge in [0.05, 0.1) is 5.03 Å². The summed E-state index contributed by atoms with van der Waals surface area (Å²) in [6.07, 6.45) is 6.35. The second-order valence-electron chi connectivity index (χ2n) is 6.18. The summed E-state index contributed by atoms with van der Waals surface area (Å²) in [5.41, 5.74) is 1.96. The molecule has 3 aliphatic rings. The van der Waals surface area contributed by atoms with Crippen molar-refractivity contribution >= 4 is 17.5 Å². The summed E-state index contributed by atoms with van der Waals surface area (Å²) in [7, 11) is 0. The van der Waals surface area contributed by atoms with E-state index in [1.807, 2.05) is 37.3 Å². The quantitative estimate of drug-likeness (QED) is 0.629. The van der Waals surface area contributed by atoms with Crippen molar-refractivity contribution in [2.45, 2.75) is 25.8 Å². The first kappa shape index (κ1) is 15.6. The number of hydrogen-bond donors (Lipinski definition) is 0. The summed E-state index contributed by atoms with van der Waals surface area (Å²) < 4.78 is 0. The summed E-state index contributed by atoms with van der Waals surface area (Å²) in [6, 6.07) is 8.45. The van der Waals surface area contributed by atoms with E-state index >= 15 is 0 Å². The molecule has 118 valence electrons. The van der Waals surface area contributed by atoms with E-state index in [1.54, 1.807) is 11.8 Å². The van der Waals surface area contributed by atoms with E-state index < -0.39 is 0 Å². The lowest BCUT2D eigenvalue weighted by atomic mass is 10.1. The average molecular weight is 316 g/mol. The molecule has 2 bridgehead atoms. The maximum atomic E-state index is 12.5. The molecule has 3 aliphatic heterocycles. The van der Waals surface area contributed by atoms with Gasteiger partial charge in [-0.1, -0.05) is 29.8 Å². The van der Waals surface area contributed by atoms with Crippen LogP contribution in [0, 0.1) is 6.92 Å². The SMILES string of the molecule is CS/C(=C\C(=O)c1ccc(C)cc1)N1CCN2CCC1CC2. The van der Waals surface area contributed by atoms with Gasteiger partial charge in [-0.3, -0.25) is 4.79 Å². The summed E-state index contributed by atoms with van der Waals surface area (Å²) in [4.78, 5) is 17.5. The van der Waals surface area contributed by atoms with Gasteiger partial charge in [0.1, 0.15) is 0 Å². The monoisotopic (exact) mass is 316 g/mol. The van der Waals surface area contributed by atoms with Crippen LogP contribution in [0.25, 0.3) is 0 Å². The molecule has 3 fully saturated rings. The first-order chi connectivity index (χ1) is 10.7. The minimum absolute atomic E-state index is 0.114. The van der Waals surface area contributed by atoms with E-state index in [9.17, 15) is 4.79 Å². The van der Waals surface area contributed by atoms with Crippen molar-refractivity contribution < 1.29 is 4.79 Å². The van der Waals surface area contributed by atoms with Crippen molar-refractivity contribution in [3.63, 3.8) is 0 Å². The average Bonchev–Trinajstić information content (AvgIpc) is 2.87. The third-order valence-electron chi connectivity index (χ3n) is 4.74. The van der Waals surface area contributed by atoms with Crippen LogP contribution in [0.2, 0.25) is 0 Å². The Morgan fingerprint density at radius 3 is 2.45 bits per heavy atom. The van der Waals surface area contributed by atoms with Crippen molar-refractivity contribution in [2.75, 3.05) is 32.4 Å². The first-order valence-electron chi connectivity index (χ1n) is 8.03. The van der Waals surface area contributed by atoms with Gasteiger partial charge in [0.15, 0.2) is 5.78 Å². The molecular formula is C18H24N2OS. The van der Waals surface area contributed by atoms with Crippen LogP contribution in [0.15, 0.2) is 35.4 Å². The molecule has 0 aromatic heterocycles. The molecule has 0 saturated carbocycles. The fourth-order valence-corrected chi connectivity index (χ4v) is 4.05. The Hall–Kier alpha value is -1.26. The second kappa shape index (κ2) is 6.88. The minimum Gasteiger partial charge on any atom is -0.362 e. The lowest BCUT2D eigenvalue weighted by Gasteiger charge is -2.33. The fraction of sp³-hybridized carbons (Fsp3) is 0.500. The van der Waals surface area contributed by atoms with Gasteiger partial charge in [-0.25, -0.2) is 0 Å². The van der Waals surface area contributed by atoms with Gasteiger partial charge in [-0.2, -0.15) is 0 Å². The summed E-state index contributed by atoms with van der Waals surface area (Å²) in [5.74, 6) is 0.114. The summed E-state index contributed by atoms with van der Waals surface area (Å²) >= 11 is 1.70. The lowest BCUT2D eigenvalue weighted by Crippen LogP contribution is -2.37. The number of nitrogens with zero attached hydrogens (tertiary/aromatic N) is 2. The summed E-state index contributed by atoms with van der Waals surface area (Å²) in [5, 5.41) is 1.12. The predicted octanol–water partition coefficient (Wildman–Crippen LogP) is 3.16. The molecule has 0 spiro atoms. The van der Waals surface area contributed by atoms with Crippen molar-refractivity contribution in [3.05, 3.63) is 46.5 Å². The molecular weight excluding hydrogens is 292 g/mol. The van der Waals surface area contributed by atoms with Crippen LogP contribution >= 0.6 is 11.8 Å². The van der Waals surface area contributed by atoms with Crippen LogP contribution in [0.3, 0.4) is 0 Å². The third kappa shape index (κ3) is 3.39. The van der Waals surface area contributed by atoms with Crippen LogP contribution in [-0.4, -0.2) is 54.1 Å². The molecule has 0 atom stereocenters. The third-order valence-corrected chi connectivity index (χ3v) is 5.51. The number of carbonyl (C=O) groups excluding carboxylic acids is 1. The molecule has 0 amide bonds. The number of aryl methyl sites for hydroxylation is 1. The van der Waals surface area contributed by atoms with Gasteiger partial charge in [0, 0.05) is 43.9 Å². The maximum Gasteiger partial charge on any atom is 0.188 e. The lowest BCUT2D eigenvalue weighted by molar-refractivity contribution is 0.104. The first-order valence-corrected chi connectivity index (χ1v) is 9.25. The van der Waals surface area contributed by atoms with Crippen molar-refractivity contribution in [3.8, 4) is 0 Å². The Morgan fingerprint density at radius 1 is 1.14 bits per heavy atom. The molecule has 3 heterocycles. The number of ketones is 1. The molecule has 0 radical (unpaired) electrons. The Bertz CT molecular complexity index is 559. The highest BCUT2D eigenvalue weighted by atomic mass is 32.2. The van der Waals surface area contributed by atoms with Gasteiger partial charge in [0.2, 0.25) is 0 Å². The molecule has 0 aliphatic carbocycles. The molecule has 0 N–H and O–H groups in total. The number of fused-ring (bicyclic) bond motifs is 4. The van der Waals surface area contributed by atoms with Gasteiger partial charge < -0.3 is 9.80 Å². The van der Waals surface area contributed by atoms with Crippen molar-refractivity contribution in [1.29, 1.82) is 0 Å².